The number of amides is 1. The molecule has 2 aromatic carbocycles. The maximum absolute atomic E-state index is 12.0. The highest BCUT2D eigenvalue weighted by Gasteiger charge is 2.23. The summed E-state index contributed by atoms with van der Waals surface area (Å²) in [6, 6.07) is 14.3. The van der Waals surface area contributed by atoms with Gasteiger partial charge < -0.3 is 15.2 Å². The molecule has 5 nitrogen and oxygen atoms in total. The maximum atomic E-state index is 12.0. The summed E-state index contributed by atoms with van der Waals surface area (Å²) < 4.78 is 5.26. The molecule has 0 fully saturated rings. The molecule has 1 aliphatic rings. The Morgan fingerprint density at radius 1 is 1.21 bits per heavy atom. The third-order valence-corrected chi connectivity index (χ3v) is 4.91. The van der Waals surface area contributed by atoms with Crippen LogP contribution in [0, 0.1) is 0 Å². The van der Waals surface area contributed by atoms with Crippen molar-refractivity contribution in [2.75, 3.05) is 5.75 Å². The summed E-state index contributed by atoms with van der Waals surface area (Å²) in [6.45, 7) is 0.221. The summed E-state index contributed by atoms with van der Waals surface area (Å²) in [6.07, 6.45) is 0.314. The van der Waals surface area contributed by atoms with Gasteiger partial charge in [-0.1, -0.05) is 36.4 Å². The molecular weight excluding hydrogens is 326 g/mol. The van der Waals surface area contributed by atoms with Crippen LogP contribution in [-0.4, -0.2) is 22.9 Å². The Hall–Kier alpha value is -2.47. The fourth-order valence-corrected chi connectivity index (χ4v) is 3.74. The molecule has 2 aromatic rings. The Balaban J connectivity index is 1.64. The van der Waals surface area contributed by atoms with Crippen LogP contribution >= 0.6 is 11.8 Å². The average Bonchev–Trinajstić information content (AvgIpc) is 2.60. The quantitative estimate of drug-likeness (QED) is 0.882. The number of carboxylic acids is 1. The van der Waals surface area contributed by atoms with E-state index in [1.54, 1.807) is 30.0 Å². The number of hydrogen-bond donors (Lipinski definition) is 2. The minimum atomic E-state index is -0.948. The largest absolute Gasteiger partial charge is 0.478 e. The molecule has 1 heterocycles. The monoisotopic (exact) mass is 343 g/mol. The Bertz CT molecular complexity index is 748. The number of thioether (sulfide) groups is 1. The first-order valence-corrected chi connectivity index (χ1v) is 8.59. The van der Waals surface area contributed by atoms with Crippen LogP contribution in [0.3, 0.4) is 0 Å². The van der Waals surface area contributed by atoms with Crippen LogP contribution in [0.2, 0.25) is 0 Å². The molecule has 0 bridgehead atoms. The molecule has 1 amide bonds. The van der Waals surface area contributed by atoms with Gasteiger partial charge in [-0.2, -0.15) is 0 Å². The van der Waals surface area contributed by atoms with E-state index in [0.29, 0.717) is 0 Å². The summed E-state index contributed by atoms with van der Waals surface area (Å²) in [7, 11) is 0. The molecule has 2 N–H and O–H groups in total. The molecule has 0 spiro atoms. The predicted molar refractivity (Wildman–Crippen MR) is 91.2 cm³/mol. The number of fused-ring (bicyclic) bond motifs is 1. The first kappa shape index (κ1) is 16.4. The highest BCUT2D eigenvalue weighted by atomic mass is 32.2. The number of benzene rings is 2. The van der Waals surface area contributed by atoms with Crippen LogP contribution in [0.4, 0.5) is 4.79 Å². The normalized spacial score (nSPS) is 16.1. The van der Waals surface area contributed by atoms with Crippen molar-refractivity contribution < 1.29 is 19.4 Å². The molecule has 0 saturated carbocycles. The van der Waals surface area contributed by atoms with Crippen LogP contribution in [-0.2, 0) is 11.3 Å². The van der Waals surface area contributed by atoms with Gasteiger partial charge in [-0.25, -0.2) is 9.59 Å². The number of aromatic carboxylic acids is 1. The predicted octanol–water partition coefficient (Wildman–Crippen LogP) is 3.85. The molecule has 1 atom stereocenters. The lowest BCUT2D eigenvalue weighted by molar-refractivity contribution is 0.0696. The standard InChI is InChI=1S/C18H17NO4S/c20-17(21)13-6-7-14-15(8-9-24-16(14)10-13)19-18(22)23-11-12-4-2-1-3-5-12/h1-7,10,15H,8-9,11H2,(H,19,22)(H,20,21). The Labute approximate surface area is 144 Å². The molecule has 0 aliphatic carbocycles. The second kappa shape index (κ2) is 7.40. The van der Waals surface area contributed by atoms with Gasteiger partial charge in [-0.05, 0) is 29.7 Å². The van der Waals surface area contributed by atoms with Crippen molar-refractivity contribution in [2.45, 2.75) is 24.0 Å². The zero-order valence-corrected chi connectivity index (χ0v) is 13.7. The minimum absolute atomic E-state index is 0.160. The van der Waals surface area contributed by atoms with Gasteiger partial charge >= 0.3 is 12.1 Å². The molecule has 0 saturated heterocycles. The van der Waals surface area contributed by atoms with Crippen molar-refractivity contribution in [1.29, 1.82) is 0 Å². The highest BCUT2D eigenvalue weighted by Crippen LogP contribution is 2.36. The lowest BCUT2D eigenvalue weighted by atomic mass is 10.0. The molecular formula is C18H17NO4S. The third-order valence-electron chi connectivity index (χ3n) is 3.80. The number of rotatable bonds is 4. The lowest BCUT2D eigenvalue weighted by Crippen LogP contribution is -2.31. The van der Waals surface area contributed by atoms with E-state index in [0.717, 1.165) is 28.2 Å². The molecule has 0 aromatic heterocycles. The number of carbonyl (C=O) groups is 2. The Morgan fingerprint density at radius 3 is 2.75 bits per heavy atom. The SMILES string of the molecule is O=C(NC1CCSc2cc(C(=O)O)ccc21)OCc1ccccc1. The van der Waals surface area contributed by atoms with Crippen LogP contribution in [0.25, 0.3) is 0 Å². The minimum Gasteiger partial charge on any atom is -0.478 e. The zero-order chi connectivity index (χ0) is 16.9. The molecule has 0 radical (unpaired) electrons. The molecule has 1 aliphatic heterocycles. The summed E-state index contributed by atoms with van der Waals surface area (Å²) in [5, 5.41) is 11.9. The second-order valence-electron chi connectivity index (χ2n) is 5.45. The van der Waals surface area contributed by atoms with E-state index in [-0.39, 0.29) is 18.2 Å². The first-order chi connectivity index (χ1) is 11.6. The van der Waals surface area contributed by atoms with Gasteiger partial charge in [-0.3, -0.25) is 0 Å². The van der Waals surface area contributed by atoms with Gasteiger partial charge in [0.15, 0.2) is 0 Å². The lowest BCUT2D eigenvalue weighted by Gasteiger charge is -2.25. The zero-order valence-electron chi connectivity index (χ0n) is 12.9. The van der Waals surface area contributed by atoms with E-state index in [4.69, 9.17) is 9.84 Å². The van der Waals surface area contributed by atoms with Gasteiger partial charge in [0, 0.05) is 10.6 Å². The fraction of sp³-hybridized carbons (Fsp3) is 0.222. The molecule has 24 heavy (non-hydrogen) atoms. The van der Waals surface area contributed by atoms with E-state index in [1.165, 1.54) is 0 Å². The summed E-state index contributed by atoms with van der Waals surface area (Å²) >= 11 is 1.61. The Kier molecular flexibility index (Phi) is 5.05. The molecule has 124 valence electrons. The van der Waals surface area contributed by atoms with Crippen molar-refractivity contribution in [3.63, 3.8) is 0 Å². The Morgan fingerprint density at radius 2 is 2.00 bits per heavy atom. The smallest absolute Gasteiger partial charge is 0.407 e. The second-order valence-corrected chi connectivity index (χ2v) is 6.59. The number of carboxylic acid groups (broad SMARTS) is 1. The van der Waals surface area contributed by atoms with Gasteiger partial charge in [-0.15, -0.1) is 11.8 Å². The van der Waals surface area contributed by atoms with Gasteiger partial charge in [0.05, 0.1) is 11.6 Å². The third kappa shape index (κ3) is 3.89. The van der Waals surface area contributed by atoms with Crippen LogP contribution in [0.5, 0.6) is 0 Å². The number of carbonyl (C=O) groups excluding carboxylic acids is 1. The topological polar surface area (TPSA) is 75.6 Å². The van der Waals surface area contributed by atoms with Crippen LogP contribution < -0.4 is 5.32 Å². The van der Waals surface area contributed by atoms with Crippen LogP contribution in [0.15, 0.2) is 53.4 Å². The fourth-order valence-electron chi connectivity index (χ4n) is 2.58. The van der Waals surface area contributed by atoms with Crippen molar-refractivity contribution in [2.24, 2.45) is 0 Å². The van der Waals surface area contributed by atoms with E-state index in [9.17, 15) is 9.59 Å². The summed E-state index contributed by atoms with van der Waals surface area (Å²) in [5.41, 5.74) is 2.12. The number of alkyl carbamates (subject to hydrolysis) is 1. The molecule has 1 unspecified atom stereocenters. The van der Waals surface area contributed by atoms with Crippen molar-refractivity contribution in [3.05, 3.63) is 65.2 Å². The van der Waals surface area contributed by atoms with Crippen LogP contribution in [0.1, 0.15) is 33.9 Å². The van der Waals surface area contributed by atoms with Gasteiger partial charge in [0.2, 0.25) is 0 Å². The number of hydrogen-bond acceptors (Lipinski definition) is 4. The van der Waals surface area contributed by atoms with E-state index < -0.39 is 12.1 Å². The first-order valence-electron chi connectivity index (χ1n) is 7.61. The van der Waals surface area contributed by atoms with Gasteiger partial charge in [0.25, 0.3) is 0 Å². The summed E-state index contributed by atoms with van der Waals surface area (Å²) in [4.78, 5) is 24.0. The van der Waals surface area contributed by atoms with Gasteiger partial charge in [0.1, 0.15) is 6.61 Å². The molecule has 6 heteroatoms. The van der Waals surface area contributed by atoms with E-state index in [2.05, 4.69) is 5.32 Å². The number of nitrogens with one attached hydrogen (secondary N) is 1. The summed E-state index contributed by atoms with van der Waals surface area (Å²) in [5.74, 6) is -0.129. The maximum Gasteiger partial charge on any atom is 0.407 e. The highest BCUT2D eigenvalue weighted by molar-refractivity contribution is 7.99. The number of ether oxygens (including phenoxy) is 1. The van der Waals surface area contributed by atoms with Crippen molar-refractivity contribution in [1.82, 2.24) is 5.32 Å². The average molecular weight is 343 g/mol. The van der Waals surface area contributed by atoms with E-state index in [1.807, 2.05) is 30.3 Å². The van der Waals surface area contributed by atoms with E-state index >= 15 is 0 Å². The molecule has 3 rings (SSSR count). The van der Waals surface area contributed by atoms with Crippen molar-refractivity contribution in [3.8, 4) is 0 Å². The van der Waals surface area contributed by atoms with Crippen molar-refractivity contribution >= 4 is 23.8 Å².